The normalized spacial score (nSPS) is 22.1. The molecule has 1 aliphatic heterocycles. The minimum absolute atomic E-state index is 0.0938. The van der Waals surface area contributed by atoms with Gasteiger partial charge in [-0.3, -0.25) is 4.90 Å². The van der Waals surface area contributed by atoms with Crippen molar-refractivity contribution in [2.75, 3.05) is 33.7 Å². The summed E-state index contributed by atoms with van der Waals surface area (Å²) in [5, 5.41) is 0.166. The van der Waals surface area contributed by atoms with Crippen LogP contribution in [-0.4, -0.2) is 49.6 Å². The summed E-state index contributed by atoms with van der Waals surface area (Å²) in [4.78, 5) is 4.46. The van der Waals surface area contributed by atoms with Crippen LogP contribution in [-0.2, 0) is 0 Å². The van der Waals surface area contributed by atoms with Gasteiger partial charge in [-0.15, -0.1) is 0 Å². The van der Waals surface area contributed by atoms with Crippen molar-refractivity contribution < 1.29 is 4.39 Å². The standard InChI is InChI=1S/C14H21ClFN3/c1-18(2)10-6-7-19(9-10)13(8-17)11-4-3-5-12(15)14(11)16/h3-5,10,13H,6-9,17H2,1-2H3. The van der Waals surface area contributed by atoms with Gasteiger partial charge in [0.05, 0.1) is 11.1 Å². The second-order valence-electron chi connectivity index (χ2n) is 5.30. The average Bonchev–Trinajstić information content (AvgIpc) is 2.85. The lowest BCUT2D eigenvalue weighted by molar-refractivity contribution is 0.217. The Morgan fingerprint density at radius 3 is 2.84 bits per heavy atom. The number of likely N-dealkylation sites (tertiary alicyclic amines) is 1. The summed E-state index contributed by atoms with van der Waals surface area (Å²) >= 11 is 5.86. The molecule has 1 saturated heterocycles. The van der Waals surface area contributed by atoms with Crippen LogP contribution in [0.5, 0.6) is 0 Å². The molecule has 2 rings (SSSR count). The zero-order valence-corrected chi connectivity index (χ0v) is 12.2. The van der Waals surface area contributed by atoms with E-state index in [9.17, 15) is 4.39 Å². The van der Waals surface area contributed by atoms with E-state index in [1.54, 1.807) is 18.2 Å². The lowest BCUT2D eigenvalue weighted by atomic mass is 10.1. The highest BCUT2D eigenvalue weighted by atomic mass is 35.5. The highest BCUT2D eigenvalue weighted by Gasteiger charge is 2.30. The average molecular weight is 286 g/mol. The van der Waals surface area contributed by atoms with Crippen molar-refractivity contribution in [2.24, 2.45) is 5.73 Å². The van der Waals surface area contributed by atoms with Gasteiger partial charge < -0.3 is 10.6 Å². The van der Waals surface area contributed by atoms with E-state index in [1.165, 1.54) is 0 Å². The molecule has 1 aromatic carbocycles. The number of nitrogens with two attached hydrogens (primary N) is 1. The fourth-order valence-electron chi connectivity index (χ4n) is 2.72. The molecule has 0 spiro atoms. The van der Waals surface area contributed by atoms with Crippen LogP contribution >= 0.6 is 11.6 Å². The molecule has 1 heterocycles. The van der Waals surface area contributed by atoms with Crippen molar-refractivity contribution in [3.05, 3.63) is 34.6 Å². The molecular weight excluding hydrogens is 265 g/mol. The first-order chi connectivity index (χ1) is 9.04. The van der Waals surface area contributed by atoms with Gasteiger partial charge >= 0.3 is 0 Å². The highest BCUT2D eigenvalue weighted by molar-refractivity contribution is 6.30. The fraction of sp³-hybridized carbons (Fsp3) is 0.571. The Morgan fingerprint density at radius 1 is 1.53 bits per heavy atom. The van der Waals surface area contributed by atoms with E-state index in [0.717, 1.165) is 19.5 Å². The fourth-order valence-corrected chi connectivity index (χ4v) is 2.91. The minimum Gasteiger partial charge on any atom is -0.329 e. The zero-order valence-electron chi connectivity index (χ0n) is 11.4. The maximum Gasteiger partial charge on any atom is 0.146 e. The van der Waals surface area contributed by atoms with Crippen LogP contribution in [0, 0.1) is 5.82 Å². The molecule has 0 radical (unpaired) electrons. The second-order valence-corrected chi connectivity index (χ2v) is 5.70. The molecule has 0 saturated carbocycles. The van der Waals surface area contributed by atoms with Crippen molar-refractivity contribution in [2.45, 2.75) is 18.5 Å². The van der Waals surface area contributed by atoms with Gasteiger partial charge in [-0.05, 0) is 26.6 Å². The molecule has 106 valence electrons. The van der Waals surface area contributed by atoms with Crippen LogP contribution in [0.3, 0.4) is 0 Å². The Bertz CT molecular complexity index is 439. The van der Waals surface area contributed by atoms with Gasteiger partial charge in [0.1, 0.15) is 5.82 Å². The number of likely N-dealkylation sites (N-methyl/N-ethyl adjacent to an activating group) is 1. The van der Waals surface area contributed by atoms with Gasteiger partial charge in [-0.1, -0.05) is 23.7 Å². The molecular formula is C14H21ClFN3. The number of hydrogen-bond donors (Lipinski definition) is 1. The largest absolute Gasteiger partial charge is 0.329 e. The molecule has 1 aromatic rings. The minimum atomic E-state index is -0.340. The summed E-state index contributed by atoms with van der Waals surface area (Å²) in [6.07, 6.45) is 1.09. The van der Waals surface area contributed by atoms with E-state index in [-0.39, 0.29) is 16.9 Å². The molecule has 2 unspecified atom stereocenters. The summed E-state index contributed by atoms with van der Waals surface area (Å²) < 4.78 is 14.1. The lowest BCUT2D eigenvalue weighted by Crippen LogP contribution is -2.36. The maximum atomic E-state index is 14.1. The Kier molecular flexibility index (Phi) is 4.79. The van der Waals surface area contributed by atoms with E-state index in [2.05, 4.69) is 23.9 Å². The number of nitrogens with zero attached hydrogens (tertiary/aromatic N) is 2. The first-order valence-electron chi connectivity index (χ1n) is 6.59. The number of halogens is 2. The van der Waals surface area contributed by atoms with E-state index in [0.29, 0.717) is 18.2 Å². The monoisotopic (exact) mass is 285 g/mol. The smallest absolute Gasteiger partial charge is 0.146 e. The van der Waals surface area contributed by atoms with Crippen molar-refractivity contribution >= 4 is 11.6 Å². The summed E-state index contributed by atoms with van der Waals surface area (Å²) in [6, 6.07) is 5.55. The topological polar surface area (TPSA) is 32.5 Å². The Morgan fingerprint density at radius 2 is 2.26 bits per heavy atom. The number of hydrogen-bond acceptors (Lipinski definition) is 3. The molecule has 0 amide bonds. The lowest BCUT2D eigenvalue weighted by Gasteiger charge is -2.28. The van der Waals surface area contributed by atoms with Crippen molar-refractivity contribution in [1.82, 2.24) is 9.80 Å². The van der Waals surface area contributed by atoms with Gasteiger partial charge in [0, 0.05) is 31.2 Å². The third-order valence-electron chi connectivity index (χ3n) is 3.93. The van der Waals surface area contributed by atoms with Crippen molar-refractivity contribution in [3.8, 4) is 0 Å². The van der Waals surface area contributed by atoms with Gasteiger partial charge in [0.15, 0.2) is 0 Å². The van der Waals surface area contributed by atoms with Gasteiger partial charge in [-0.2, -0.15) is 0 Å². The molecule has 1 aliphatic rings. The maximum absolute atomic E-state index is 14.1. The molecule has 19 heavy (non-hydrogen) atoms. The molecule has 5 heteroatoms. The highest BCUT2D eigenvalue weighted by Crippen LogP contribution is 2.30. The van der Waals surface area contributed by atoms with Gasteiger partial charge in [-0.25, -0.2) is 4.39 Å². The predicted molar refractivity (Wildman–Crippen MR) is 76.9 cm³/mol. The summed E-state index contributed by atoms with van der Waals surface area (Å²) in [5.74, 6) is -0.340. The van der Waals surface area contributed by atoms with Crippen molar-refractivity contribution in [1.29, 1.82) is 0 Å². The summed E-state index contributed by atoms with van der Waals surface area (Å²) in [6.45, 7) is 2.26. The summed E-state index contributed by atoms with van der Waals surface area (Å²) in [5.41, 5.74) is 6.47. The van der Waals surface area contributed by atoms with Gasteiger partial charge in [0.25, 0.3) is 0 Å². The molecule has 2 atom stereocenters. The Hall–Kier alpha value is -0.680. The molecule has 3 nitrogen and oxygen atoms in total. The Labute approximate surface area is 119 Å². The third kappa shape index (κ3) is 3.08. The molecule has 0 aromatic heterocycles. The van der Waals surface area contributed by atoms with Crippen molar-refractivity contribution in [3.63, 3.8) is 0 Å². The van der Waals surface area contributed by atoms with Gasteiger partial charge in [0.2, 0.25) is 0 Å². The SMILES string of the molecule is CN(C)C1CCN(C(CN)c2cccc(Cl)c2F)C1. The summed E-state index contributed by atoms with van der Waals surface area (Å²) in [7, 11) is 4.15. The molecule has 2 N–H and O–H groups in total. The van der Waals surface area contributed by atoms with Crippen LogP contribution in [0.4, 0.5) is 4.39 Å². The predicted octanol–water partition coefficient (Wildman–Crippen LogP) is 2.11. The van der Waals surface area contributed by atoms with E-state index in [1.807, 2.05) is 0 Å². The van der Waals surface area contributed by atoms with Crippen LogP contribution < -0.4 is 5.73 Å². The first kappa shape index (κ1) is 14.7. The van der Waals surface area contributed by atoms with E-state index >= 15 is 0 Å². The Balaban J connectivity index is 2.19. The van der Waals surface area contributed by atoms with E-state index in [4.69, 9.17) is 17.3 Å². The third-order valence-corrected chi connectivity index (χ3v) is 4.22. The van der Waals surface area contributed by atoms with Crippen LogP contribution in [0.2, 0.25) is 5.02 Å². The molecule has 0 bridgehead atoms. The quantitative estimate of drug-likeness (QED) is 0.920. The first-order valence-corrected chi connectivity index (χ1v) is 6.96. The van der Waals surface area contributed by atoms with E-state index < -0.39 is 0 Å². The number of benzene rings is 1. The second kappa shape index (κ2) is 6.18. The molecule has 1 fully saturated rings. The van der Waals surface area contributed by atoms with Crippen LogP contribution in [0.1, 0.15) is 18.0 Å². The number of rotatable bonds is 4. The van der Waals surface area contributed by atoms with Crippen LogP contribution in [0.15, 0.2) is 18.2 Å². The van der Waals surface area contributed by atoms with Crippen LogP contribution in [0.25, 0.3) is 0 Å². The molecule has 0 aliphatic carbocycles. The zero-order chi connectivity index (χ0) is 14.0.